The van der Waals surface area contributed by atoms with Gasteiger partial charge in [0.05, 0.1) is 0 Å². The molecular formula is C22H25F7N6O. The average Bonchev–Trinajstić information content (AvgIpc) is 2.79. The molecule has 198 valence electrons. The van der Waals surface area contributed by atoms with Crippen molar-refractivity contribution in [3.63, 3.8) is 0 Å². The number of aromatic nitrogens is 4. The van der Waals surface area contributed by atoms with Gasteiger partial charge in [0.25, 0.3) is 0 Å². The molecule has 2 aromatic heterocycles. The highest BCUT2D eigenvalue weighted by Gasteiger charge is 2.36. The van der Waals surface area contributed by atoms with Crippen LogP contribution in [0.25, 0.3) is 11.5 Å². The van der Waals surface area contributed by atoms with Crippen molar-refractivity contribution < 1.29 is 35.5 Å². The fourth-order valence-electron chi connectivity index (χ4n) is 4.26. The van der Waals surface area contributed by atoms with Crippen molar-refractivity contribution in [3.8, 4) is 17.4 Å². The third-order valence-electron chi connectivity index (χ3n) is 6.24. The second-order valence-corrected chi connectivity index (χ2v) is 9.17. The highest BCUT2D eigenvalue weighted by Crippen LogP contribution is 2.36. The lowest BCUT2D eigenvalue weighted by molar-refractivity contribution is -0.276. The van der Waals surface area contributed by atoms with Gasteiger partial charge >= 0.3 is 6.36 Å². The van der Waals surface area contributed by atoms with E-state index in [9.17, 15) is 30.7 Å². The van der Waals surface area contributed by atoms with E-state index in [-0.39, 0.29) is 73.9 Å². The number of hydrogen-bond acceptors (Lipinski definition) is 7. The van der Waals surface area contributed by atoms with Gasteiger partial charge in [0, 0.05) is 44.3 Å². The first-order valence-corrected chi connectivity index (χ1v) is 11.6. The Hall–Kier alpha value is -2.93. The number of alkyl halides is 7. The summed E-state index contributed by atoms with van der Waals surface area (Å²) in [7, 11) is 0. The summed E-state index contributed by atoms with van der Waals surface area (Å²) in [6.45, 7) is 0.305. The van der Waals surface area contributed by atoms with E-state index in [1.54, 1.807) is 0 Å². The molecule has 0 bridgehead atoms. The van der Waals surface area contributed by atoms with Crippen LogP contribution < -0.4 is 15.4 Å². The van der Waals surface area contributed by atoms with E-state index in [0.717, 1.165) is 6.07 Å². The largest absolute Gasteiger partial charge is 0.574 e. The molecule has 2 N–H and O–H groups in total. The van der Waals surface area contributed by atoms with Gasteiger partial charge in [-0.2, -0.15) is 15.0 Å². The fourth-order valence-corrected chi connectivity index (χ4v) is 4.26. The van der Waals surface area contributed by atoms with Gasteiger partial charge in [-0.05, 0) is 37.7 Å². The Morgan fingerprint density at radius 2 is 1.44 bits per heavy atom. The summed E-state index contributed by atoms with van der Waals surface area (Å²) in [6, 6.07) is 3.37. The molecule has 0 saturated heterocycles. The molecule has 2 aliphatic carbocycles. The molecule has 0 aliphatic heterocycles. The molecule has 0 aromatic carbocycles. The number of pyridine rings is 1. The van der Waals surface area contributed by atoms with Gasteiger partial charge in [-0.25, -0.2) is 22.5 Å². The molecule has 14 heteroatoms. The highest BCUT2D eigenvalue weighted by atomic mass is 19.4. The molecular weight excluding hydrogens is 497 g/mol. The number of nitrogens with one attached hydrogen (secondary N) is 2. The molecule has 2 aliphatic rings. The molecule has 2 heterocycles. The molecule has 2 aromatic rings. The summed E-state index contributed by atoms with van der Waals surface area (Å²) in [4.78, 5) is 16.5. The molecule has 2 saturated carbocycles. The molecule has 2 fully saturated rings. The monoisotopic (exact) mass is 522 g/mol. The SMILES string of the molecule is FC1(F)CCC(CNc2nc(NC3CCC(F)(F)CC3)nc(-c3cccc(OC(F)(F)F)n3)n2)CC1. The topological polar surface area (TPSA) is 84.9 Å². The van der Waals surface area contributed by atoms with Crippen LogP contribution in [0.3, 0.4) is 0 Å². The number of anilines is 2. The summed E-state index contributed by atoms with van der Waals surface area (Å²) in [5.41, 5.74) is -0.0299. The van der Waals surface area contributed by atoms with E-state index in [1.807, 2.05) is 0 Å². The van der Waals surface area contributed by atoms with Gasteiger partial charge in [-0.1, -0.05) is 6.07 Å². The van der Waals surface area contributed by atoms with Crippen LogP contribution in [0, 0.1) is 5.92 Å². The first-order chi connectivity index (χ1) is 16.9. The zero-order valence-corrected chi connectivity index (χ0v) is 19.1. The lowest BCUT2D eigenvalue weighted by atomic mass is 9.87. The van der Waals surface area contributed by atoms with Crippen LogP contribution in [0.2, 0.25) is 0 Å². The van der Waals surface area contributed by atoms with E-state index < -0.39 is 24.1 Å². The standard InChI is InChI=1S/C22H25F7N6O/c23-20(24)8-4-13(5-9-20)12-30-18-33-17(15-2-1-3-16(32-15)36-22(27,28)29)34-19(35-18)31-14-6-10-21(25,26)11-7-14/h1-3,13-14H,4-12H2,(H2,30,31,33,34,35). The van der Waals surface area contributed by atoms with Crippen LogP contribution in [-0.2, 0) is 0 Å². The molecule has 0 amide bonds. The minimum absolute atomic E-state index is 0.0299. The third kappa shape index (κ3) is 7.53. The van der Waals surface area contributed by atoms with Crippen molar-refractivity contribution in [2.75, 3.05) is 17.2 Å². The Morgan fingerprint density at radius 3 is 2.08 bits per heavy atom. The smallest absolute Gasteiger partial charge is 0.388 e. The van der Waals surface area contributed by atoms with Gasteiger partial charge in [0.15, 0.2) is 5.82 Å². The fraction of sp³-hybridized carbons (Fsp3) is 0.636. The Balaban J connectivity index is 1.54. The van der Waals surface area contributed by atoms with Crippen LogP contribution >= 0.6 is 0 Å². The van der Waals surface area contributed by atoms with Crippen molar-refractivity contribution in [1.82, 2.24) is 19.9 Å². The number of nitrogens with zero attached hydrogens (tertiary/aromatic N) is 4. The zero-order chi connectivity index (χ0) is 26.0. The second kappa shape index (κ2) is 10.2. The summed E-state index contributed by atoms with van der Waals surface area (Å²) < 4.78 is 95.7. The van der Waals surface area contributed by atoms with Crippen molar-refractivity contribution in [1.29, 1.82) is 0 Å². The Morgan fingerprint density at radius 1 is 0.833 bits per heavy atom. The summed E-state index contributed by atoms with van der Waals surface area (Å²) >= 11 is 0. The summed E-state index contributed by atoms with van der Waals surface area (Å²) in [5, 5.41) is 5.99. The van der Waals surface area contributed by atoms with E-state index >= 15 is 0 Å². The van der Waals surface area contributed by atoms with E-state index in [0.29, 0.717) is 19.4 Å². The summed E-state index contributed by atoms with van der Waals surface area (Å²) in [6.07, 6.45) is -4.95. The van der Waals surface area contributed by atoms with Crippen molar-refractivity contribution in [2.45, 2.75) is 75.6 Å². The summed E-state index contributed by atoms with van der Waals surface area (Å²) in [5.74, 6) is -6.11. The minimum atomic E-state index is -4.94. The highest BCUT2D eigenvalue weighted by molar-refractivity contribution is 5.54. The van der Waals surface area contributed by atoms with Crippen LogP contribution in [0.4, 0.5) is 42.6 Å². The zero-order valence-electron chi connectivity index (χ0n) is 19.1. The van der Waals surface area contributed by atoms with E-state index in [2.05, 4.69) is 35.3 Å². The van der Waals surface area contributed by atoms with E-state index in [1.165, 1.54) is 12.1 Å². The Labute approximate surface area is 202 Å². The van der Waals surface area contributed by atoms with Crippen molar-refractivity contribution in [2.24, 2.45) is 5.92 Å². The van der Waals surface area contributed by atoms with Crippen LogP contribution in [-0.4, -0.2) is 50.7 Å². The Kier molecular flexibility index (Phi) is 7.41. The lowest BCUT2D eigenvalue weighted by Gasteiger charge is -2.29. The second-order valence-electron chi connectivity index (χ2n) is 9.17. The van der Waals surface area contributed by atoms with Crippen LogP contribution in [0.15, 0.2) is 18.2 Å². The third-order valence-corrected chi connectivity index (χ3v) is 6.24. The van der Waals surface area contributed by atoms with Gasteiger partial charge in [0.1, 0.15) is 5.69 Å². The number of ether oxygens (including phenoxy) is 1. The molecule has 4 rings (SSSR count). The van der Waals surface area contributed by atoms with Crippen molar-refractivity contribution >= 4 is 11.9 Å². The molecule has 0 unspecified atom stereocenters. The minimum Gasteiger partial charge on any atom is -0.388 e. The first kappa shape index (κ1) is 26.1. The predicted molar refractivity (Wildman–Crippen MR) is 116 cm³/mol. The maximum absolute atomic E-state index is 13.5. The molecule has 0 spiro atoms. The molecule has 36 heavy (non-hydrogen) atoms. The normalized spacial score (nSPS) is 20.6. The van der Waals surface area contributed by atoms with Gasteiger partial charge < -0.3 is 15.4 Å². The van der Waals surface area contributed by atoms with Gasteiger partial charge in [-0.3, -0.25) is 0 Å². The average molecular weight is 522 g/mol. The van der Waals surface area contributed by atoms with Gasteiger partial charge in [0.2, 0.25) is 29.6 Å². The van der Waals surface area contributed by atoms with Crippen molar-refractivity contribution in [3.05, 3.63) is 18.2 Å². The first-order valence-electron chi connectivity index (χ1n) is 11.6. The molecule has 7 nitrogen and oxygen atoms in total. The van der Waals surface area contributed by atoms with Gasteiger partial charge in [-0.15, -0.1) is 13.2 Å². The number of halogens is 7. The number of hydrogen-bond donors (Lipinski definition) is 2. The molecule has 0 atom stereocenters. The van der Waals surface area contributed by atoms with E-state index in [4.69, 9.17) is 0 Å². The predicted octanol–water partition coefficient (Wildman–Crippen LogP) is 6.06. The lowest BCUT2D eigenvalue weighted by Crippen LogP contribution is -2.32. The van der Waals surface area contributed by atoms with Crippen LogP contribution in [0.5, 0.6) is 5.88 Å². The quantitative estimate of drug-likeness (QED) is 0.428. The maximum Gasteiger partial charge on any atom is 0.574 e. The number of rotatable bonds is 7. The van der Waals surface area contributed by atoms with Crippen LogP contribution in [0.1, 0.15) is 51.4 Å². The Bertz CT molecular complexity index is 1030. The molecule has 0 radical (unpaired) electrons. The maximum atomic E-state index is 13.5.